The van der Waals surface area contributed by atoms with E-state index < -0.39 is 24.3 Å². The van der Waals surface area contributed by atoms with Crippen LogP contribution in [0.4, 0.5) is 28.0 Å². The van der Waals surface area contributed by atoms with E-state index in [0.717, 1.165) is 19.3 Å². The number of halogens is 4. The van der Waals surface area contributed by atoms with Gasteiger partial charge in [-0.3, -0.25) is 4.98 Å². The van der Waals surface area contributed by atoms with E-state index in [2.05, 4.69) is 15.4 Å². The van der Waals surface area contributed by atoms with Gasteiger partial charge in [0.25, 0.3) is 0 Å². The number of hydrogen-bond donors (Lipinski definition) is 1. The first kappa shape index (κ1) is 31.1. The number of aryl methyl sites for hydroxylation is 1. The van der Waals surface area contributed by atoms with Crippen LogP contribution in [0.3, 0.4) is 0 Å². The monoisotopic (exact) mass is 631 g/mol. The van der Waals surface area contributed by atoms with Crippen molar-refractivity contribution in [2.75, 3.05) is 31.6 Å². The summed E-state index contributed by atoms with van der Waals surface area (Å²) in [5.74, 6) is -0.475. The van der Waals surface area contributed by atoms with Crippen molar-refractivity contribution < 1.29 is 36.6 Å². The fourth-order valence-corrected chi connectivity index (χ4v) is 6.09. The fourth-order valence-electron chi connectivity index (χ4n) is 6.09. The van der Waals surface area contributed by atoms with Gasteiger partial charge in [0.15, 0.2) is 12.8 Å². The molecule has 2 aliphatic heterocycles. The Balaban J connectivity index is 1.30. The smallest absolute Gasteiger partial charge is 0.422 e. The van der Waals surface area contributed by atoms with Crippen molar-refractivity contribution in [2.24, 2.45) is 0 Å². The summed E-state index contributed by atoms with van der Waals surface area (Å²) in [6, 6.07) is 7.04. The summed E-state index contributed by atoms with van der Waals surface area (Å²) in [5.41, 5.74) is 2.74. The summed E-state index contributed by atoms with van der Waals surface area (Å²) >= 11 is 0. The average molecular weight is 632 g/mol. The Bertz CT molecular complexity index is 1580. The maximum Gasteiger partial charge on any atom is 0.422 e. The zero-order valence-corrected chi connectivity index (χ0v) is 25.5. The molecule has 2 fully saturated rings. The van der Waals surface area contributed by atoms with Gasteiger partial charge in [-0.25, -0.2) is 9.48 Å². The van der Waals surface area contributed by atoms with Crippen LogP contribution in [0.2, 0.25) is 0 Å². The third kappa shape index (κ3) is 6.87. The predicted molar refractivity (Wildman–Crippen MR) is 159 cm³/mol. The van der Waals surface area contributed by atoms with Crippen LogP contribution in [0.15, 0.2) is 36.2 Å². The zero-order valence-electron chi connectivity index (χ0n) is 25.5. The molecule has 6 rings (SSSR count). The molecule has 1 amide bonds. The summed E-state index contributed by atoms with van der Waals surface area (Å²) in [7, 11) is 0. The molecule has 0 bridgehead atoms. The number of alkyl halides is 3. The quantitative estimate of drug-likeness (QED) is 0.294. The molecule has 1 N–H and O–H groups in total. The number of aromatic nitrogens is 3. The Labute approximate surface area is 258 Å². The molecule has 9 nitrogen and oxygen atoms in total. The lowest BCUT2D eigenvalue weighted by atomic mass is 9.93. The molecule has 0 spiro atoms. The van der Waals surface area contributed by atoms with Gasteiger partial charge in [0.05, 0.1) is 34.5 Å². The van der Waals surface area contributed by atoms with Crippen LogP contribution in [-0.4, -0.2) is 69.9 Å². The van der Waals surface area contributed by atoms with E-state index in [1.807, 2.05) is 20.8 Å². The molecule has 2 saturated heterocycles. The van der Waals surface area contributed by atoms with Gasteiger partial charge in [-0.05, 0) is 82.2 Å². The number of carbonyl (C=O) groups excluding carboxylic acids is 1. The molecule has 1 unspecified atom stereocenters. The molecule has 242 valence electrons. The third-order valence-corrected chi connectivity index (χ3v) is 8.08. The topological polar surface area (TPSA) is 90.7 Å². The van der Waals surface area contributed by atoms with Crippen LogP contribution >= 0.6 is 0 Å². The molecular formula is C32H37F4N5O4. The number of amides is 1. The van der Waals surface area contributed by atoms with Crippen LogP contribution in [0.5, 0.6) is 0 Å². The SMILES string of the molecule is CC(C)(C)OC(=O)N1CC(Nc2ccc(C3=C(OCC(F)(F)F)CCCc4c3ccc3c4c(F)nn3C3CCCCO3)nc2)C1. The number of hydrogen-bond acceptors (Lipinski definition) is 7. The van der Waals surface area contributed by atoms with Crippen LogP contribution in [0.25, 0.3) is 16.5 Å². The molecule has 0 radical (unpaired) electrons. The lowest BCUT2D eigenvalue weighted by molar-refractivity contribution is -0.165. The van der Waals surface area contributed by atoms with Crippen molar-refractivity contribution in [2.45, 2.75) is 83.3 Å². The van der Waals surface area contributed by atoms with E-state index in [0.29, 0.717) is 71.5 Å². The highest BCUT2D eigenvalue weighted by atomic mass is 19.4. The third-order valence-electron chi connectivity index (χ3n) is 8.08. The number of rotatable bonds is 6. The Hall–Kier alpha value is -3.87. The Morgan fingerprint density at radius 1 is 1.09 bits per heavy atom. The second kappa shape index (κ2) is 12.1. The maximum atomic E-state index is 15.5. The second-order valence-electron chi connectivity index (χ2n) is 12.8. The van der Waals surface area contributed by atoms with Crippen LogP contribution < -0.4 is 5.32 Å². The first-order valence-corrected chi connectivity index (χ1v) is 15.3. The first-order valence-electron chi connectivity index (χ1n) is 15.3. The average Bonchev–Trinajstić information content (AvgIpc) is 3.18. The molecule has 1 aromatic carbocycles. The van der Waals surface area contributed by atoms with Crippen LogP contribution in [0, 0.1) is 5.95 Å². The summed E-state index contributed by atoms with van der Waals surface area (Å²) in [5, 5.41) is 7.87. The molecule has 4 heterocycles. The molecule has 3 aromatic rings. The number of carbonyl (C=O) groups is 1. The summed E-state index contributed by atoms with van der Waals surface area (Å²) in [6.07, 6.45) is 0.0568. The van der Waals surface area contributed by atoms with E-state index in [1.165, 1.54) is 0 Å². The van der Waals surface area contributed by atoms with E-state index >= 15 is 4.39 Å². The molecule has 3 aliphatic rings. The van der Waals surface area contributed by atoms with Crippen molar-refractivity contribution >= 4 is 28.3 Å². The summed E-state index contributed by atoms with van der Waals surface area (Å²) in [4.78, 5) is 18.5. The van der Waals surface area contributed by atoms with Crippen molar-refractivity contribution in [1.29, 1.82) is 0 Å². The van der Waals surface area contributed by atoms with Gasteiger partial charge in [-0.2, -0.15) is 17.6 Å². The molecule has 1 atom stereocenters. The summed E-state index contributed by atoms with van der Waals surface area (Å²) < 4.78 is 73.6. The number of nitrogens with one attached hydrogen (secondary N) is 1. The first-order chi connectivity index (χ1) is 21.4. The molecule has 13 heteroatoms. The van der Waals surface area contributed by atoms with Gasteiger partial charge in [0.2, 0.25) is 5.95 Å². The number of benzene rings is 1. The largest absolute Gasteiger partial charge is 0.488 e. The minimum absolute atomic E-state index is 0.00499. The lowest BCUT2D eigenvalue weighted by Crippen LogP contribution is -2.57. The van der Waals surface area contributed by atoms with Gasteiger partial charge in [-0.1, -0.05) is 6.07 Å². The van der Waals surface area contributed by atoms with Crippen molar-refractivity contribution in [3.8, 4) is 0 Å². The molecule has 2 aromatic heterocycles. The molecule has 45 heavy (non-hydrogen) atoms. The maximum absolute atomic E-state index is 15.5. The standard InChI is InChI=1S/C32H37F4N5O4/c1-31(2,3)45-30(42)40-16-20(17-40)38-19-10-12-23(37-15-19)27-22-11-13-24-28(29(33)39-41(24)26-9-4-5-14-43-26)21(22)7-6-8-25(27)44-18-32(34,35)36/h10-13,15,20,26,38H,4-9,14,16-18H2,1-3H3. The number of nitrogens with zero attached hydrogens (tertiary/aromatic N) is 4. The van der Waals surface area contributed by atoms with Crippen molar-refractivity contribution in [3.05, 3.63) is 59.0 Å². The van der Waals surface area contributed by atoms with E-state index in [1.54, 1.807) is 40.0 Å². The van der Waals surface area contributed by atoms with E-state index in [-0.39, 0.29) is 30.5 Å². The van der Waals surface area contributed by atoms with Crippen LogP contribution in [0.1, 0.15) is 75.9 Å². The van der Waals surface area contributed by atoms with Crippen molar-refractivity contribution in [3.63, 3.8) is 0 Å². The number of likely N-dealkylation sites (tertiary alicyclic amines) is 1. The highest BCUT2D eigenvalue weighted by Gasteiger charge is 2.34. The predicted octanol–water partition coefficient (Wildman–Crippen LogP) is 6.98. The van der Waals surface area contributed by atoms with Gasteiger partial charge < -0.3 is 24.4 Å². The molecule has 0 saturated carbocycles. The second-order valence-corrected chi connectivity index (χ2v) is 12.8. The number of pyridine rings is 1. The molecule has 1 aliphatic carbocycles. The Morgan fingerprint density at radius 2 is 1.89 bits per heavy atom. The summed E-state index contributed by atoms with van der Waals surface area (Å²) in [6.45, 7) is 5.50. The lowest BCUT2D eigenvalue weighted by Gasteiger charge is -2.40. The highest BCUT2D eigenvalue weighted by molar-refractivity contribution is 5.92. The van der Waals surface area contributed by atoms with Crippen molar-refractivity contribution in [1.82, 2.24) is 19.7 Å². The minimum Gasteiger partial charge on any atom is -0.488 e. The van der Waals surface area contributed by atoms with Gasteiger partial charge in [0.1, 0.15) is 11.4 Å². The number of allylic oxidation sites excluding steroid dienone is 1. The van der Waals surface area contributed by atoms with Gasteiger partial charge >= 0.3 is 12.3 Å². The number of anilines is 1. The fraction of sp³-hybridized carbons (Fsp3) is 0.531. The van der Waals surface area contributed by atoms with E-state index in [9.17, 15) is 18.0 Å². The zero-order chi connectivity index (χ0) is 31.9. The number of fused-ring (bicyclic) bond motifs is 3. The molecular weight excluding hydrogens is 594 g/mol. The Kier molecular flexibility index (Phi) is 8.40. The van der Waals surface area contributed by atoms with E-state index in [4.69, 9.17) is 14.2 Å². The van der Waals surface area contributed by atoms with Crippen LogP contribution in [-0.2, 0) is 20.6 Å². The normalized spacial score (nSPS) is 19.6. The van der Waals surface area contributed by atoms with Gasteiger partial charge in [-0.15, -0.1) is 5.10 Å². The highest BCUT2D eigenvalue weighted by Crippen LogP contribution is 2.40. The van der Waals surface area contributed by atoms with Gasteiger partial charge in [0, 0.05) is 31.7 Å². The minimum atomic E-state index is -4.53. The number of ether oxygens (including phenoxy) is 3. The Morgan fingerprint density at radius 3 is 2.56 bits per heavy atom.